The van der Waals surface area contributed by atoms with Crippen molar-refractivity contribution in [1.29, 1.82) is 0 Å². The molecule has 0 radical (unpaired) electrons. The van der Waals surface area contributed by atoms with E-state index in [4.69, 9.17) is 15.6 Å². The van der Waals surface area contributed by atoms with Crippen molar-refractivity contribution in [1.82, 2.24) is 0 Å². The van der Waals surface area contributed by atoms with Gasteiger partial charge in [-0.05, 0) is 51.1 Å². The molecule has 0 aliphatic carbocycles. The van der Waals surface area contributed by atoms with E-state index in [9.17, 15) is 4.80 Å². The van der Waals surface area contributed by atoms with Crippen LogP contribution in [0.1, 0.15) is 12.8 Å². The van der Waals surface area contributed by atoms with Gasteiger partial charge >= 0.3 is 8.56 Å². The van der Waals surface area contributed by atoms with Gasteiger partial charge in [-0.1, -0.05) is 19.6 Å². The molecule has 0 bridgehead atoms. The first-order valence-electron chi connectivity index (χ1n) is 6.91. The summed E-state index contributed by atoms with van der Waals surface area (Å²) in [7, 11) is -5.76. The van der Waals surface area contributed by atoms with Crippen molar-refractivity contribution in [3.63, 3.8) is 0 Å². The molecule has 0 aromatic rings. The average Bonchev–Trinajstić information content (AvgIpc) is 2.21. The van der Waals surface area contributed by atoms with Crippen LogP contribution in [0.5, 0.6) is 0 Å². The Kier molecular flexibility index (Phi) is 7.52. The van der Waals surface area contributed by atoms with Crippen LogP contribution >= 0.6 is 0 Å². The smallest absolute Gasteiger partial charge is 0.321 e. The van der Waals surface area contributed by atoms with Gasteiger partial charge in [0.05, 0.1) is 7.59 Å². The second-order valence-electron chi connectivity index (χ2n) is 6.54. The lowest BCUT2D eigenvalue weighted by Gasteiger charge is -2.43. The van der Waals surface area contributed by atoms with Crippen LogP contribution in [0.25, 0.3) is 0 Å². The molecule has 0 aliphatic heterocycles. The van der Waals surface area contributed by atoms with E-state index in [0.717, 1.165) is 24.9 Å². The highest BCUT2D eigenvalue weighted by molar-refractivity contribution is 7.39. The fourth-order valence-electron chi connectivity index (χ4n) is 1.98. The summed E-state index contributed by atoms with van der Waals surface area (Å²) in [6.07, 6.45) is 1.86. The second-order valence-corrected chi connectivity index (χ2v) is 25.3. The molecule has 18 heavy (non-hydrogen) atoms. The van der Waals surface area contributed by atoms with Gasteiger partial charge in [0.15, 0.2) is 7.83 Å². The van der Waals surface area contributed by atoms with Crippen LogP contribution in [0.4, 0.5) is 0 Å². The van der Waals surface area contributed by atoms with E-state index >= 15 is 0 Å². The monoisotopic (exact) mass is 308 g/mol. The maximum Gasteiger partial charge on any atom is 0.321 e. The van der Waals surface area contributed by atoms with Crippen LogP contribution in [0.2, 0.25) is 44.8 Å². The Balaban J connectivity index is 4.78. The van der Waals surface area contributed by atoms with Gasteiger partial charge in [-0.15, -0.1) is 0 Å². The summed E-state index contributed by atoms with van der Waals surface area (Å²) in [5.41, 5.74) is 11.2. The Labute approximate surface area is 115 Å². The maximum absolute atomic E-state index is 10.5. The van der Waals surface area contributed by atoms with Gasteiger partial charge in [0, 0.05) is 0 Å². The predicted octanol–water partition coefficient (Wildman–Crippen LogP) is 1.76. The van der Waals surface area contributed by atoms with E-state index in [2.05, 4.69) is 26.2 Å². The largest absolute Gasteiger partial charge is 0.438 e. The molecule has 0 saturated heterocycles. The van der Waals surface area contributed by atoms with E-state index < -0.39 is 24.0 Å². The Bertz CT molecular complexity index is 247. The summed E-state index contributed by atoms with van der Waals surface area (Å²) >= 11 is 0. The minimum Gasteiger partial charge on any atom is -0.438 e. The lowest BCUT2D eigenvalue weighted by Crippen LogP contribution is -2.62. The molecule has 4 nitrogen and oxygen atoms in total. The van der Waals surface area contributed by atoms with Crippen LogP contribution in [-0.2, 0) is 4.12 Å². The lowest BCUT2D eigenvalue weighted by molar-refractivity contribution is 0.375. The highest BCUT2D eigenvalue weighted by atomic mass is 29.3. The molecular weight excluding hydrogens is 276 g/mol. The molecule has 110 valence electrons. The fraction of sp³-hybridized carbons (Fsp3) is 1.00. The minimum atomic E-state index is -2.54. The van der Waals surface area contributed by atoms with Crippen molar-refractivity contribution in [2.24, 2.45) is 11.5 Å². The zero-order chi connectivity index (χ0) is 14.4. The highest BCUT2D eigenvalue weighted by Crippen LogP contribution is 2.30. The van der Waals surface area contributed by atoms with Crippen molar-refractivity contribution < 1.29 is 8.91 Å². The number of hydrogen-bond acceptors (Lipinski definition) is 4. The molecule has 0 heterocycles. The predicted molar refractivity (Wildman–Crippen MR) is 86.8 cm³/mol. The van der Waals surface area contributed by atoms with Crippen LogP contribution in [0.15, 0.2) is 0 Å². The van der Waals surface area contributed by atoms with E-state index in [1.807, 2.05) is 6.55 Å². The van der Waals surface area contributed by atoms with Gasteiger partial charge in [-0.2, -0.15) is 0 Å². The second kappa shape index (κ2) is 7.32. The van der Waals surface area contributed by atoms with Gasteiger partial charge in [-0.3, -0.25) is 0 Å². The first kappa shape index (κ1) is 18.5. The molecule has 0 aromatic heterocycles. The zero-order valence-electron chi connectivity index (χ0n) is 12.8. The third-order valence-corrected chi connectivity index (χ3v) is 24.2. The van der Waals surface area contributed by atoms with Crippen molar-refractivity contribution in [3.05, 3.63) is 0 Å². The van der Waals surface area contributed by atoms with Crippen LogP contribution in [0, 0.1) is 0 Å². The Morgan fingerprint density at radius 3 is 1.72 bits per heavy atom. The quantitative estimate of drug-likeness (QED) is 0.567. The molecule has 0 saturated carbocycles. The van der Waals surface area contributed by atoms with Gasteiger partial charge in [0.1, 0.15) is 0 Å². The van der Waals surface area contributed by atoms with Crippen molar-refractivity contribution in [2.75, 3.05) is 13.1 Å². The lowest BCUT2D eigenvalue weighted by atomic mass is 10.5. The van der Waals surface area contributed by atoms with Crippen LogP contribution in [-0.4, -0.2) is 41.9 Å². The molecular formula is C11H32N2O2Si3. The maximum atomic E-state index is 10.5. The molecule has 5 N–H and O–H groups in total. The number of rotatable bonds is 9. The van der Waals surface area contributed by atoms with Crippen molar-refractivity contribution in [3.8, 4) is 0 Å². The van der Waals surface area contributed by atoms with Gasteiger partial charge in [-0.25, -0.2) is 0 Å². The third-order valence-electron chi connectivity index (χ3n) is 3.73. The van der Waals surface area contributed by atoms with Crippen molar-refractivity contribution >= 4 is 24.0 Å². The molecule has 0 aliphatic rings. The third kappa shape index (κ3) is 6.09. The number of hydrogen-bond donors (Lipinski definition) is 3. The van der Waals surface area contributed by atoms with E-state index in [1.54, 1.807) is 0 Å². The average molecular weight is 309 g/mol. The van der Waals surface area contributed by atoms with E-state index in [-0.39, 0.29) is 0 Å². The van der Waals surface area contributed by atoms with Crippen LogP contribution in [0.3, 0.4) is 0 Å². The van der Waals surface area contributed by atoms with Gasteiger partial charge in [0.25, 0.3) is 0 Å². The molecule has 0 fully saturated rings. The van der Waals surface area contributed by atoms with Crippen molar-refractivity contribution in [2.45, 2.75) is 57.7 Å². The summed E-state index contributed by atoms with van der Waals surface area (Å²) in [6, 6.07) is 1.82. The summed E-state index contributed by atoms with van der Waals surface area (Å²) in [5, 5.41) is 0. The zero-order valence-corrected chi connectivity index (χ0v) is 15.8. The summed E-state index contributed by atoms with van der Waals surface area (Å²) in [4.78, 5) is 10.5. The fourth-order valence-corrected chi connectivity index (χ4v) is 17.9. The Morgan fingerprint density at radius 2 is 1.33 bits per heavy atom. The van der Waals surface area contributed by atoms with E-state index in [0.29, 0.717) is 13.1 Å². The first-order chi connectivity index (χ1) is 8.08. The van der Waals surface area contributed by atoms with Gasteiger partial charge < -0.3 is 20.4 Å². The summed E-state index contributed by atoms with van der Waals surface area (Å²) in [5.74, 6) is 0. The van der Waals surface area contributed by atoms with E-state index in [1.165, 1.54) is 0 Å². The molecule has 0 spiro atoms. The highest BCUT2D eigenvalue weighted by Gasteiger charge is 2.47. The SMILES string of the molecule is C[Si](O)(CCCN)O[Si](C)(CCCN)[Si](C)(C)C. The molecule has 0 rings (SSSR count). The summed E-state index contributed by atoms with van der Waals surface area (Å²) in [6.45, 7) is 12.6. The molecule has 2 unspecified atom stereocenters. The summed E-state index contributed by atoms with van der Waals surface area (Å²) < 4.78 is 6.38. The van der Waals surface area contributed by atoms with Crippen LogP contribution < -0.4 is 11.5 Å². The normalized spacial score (nSPS) is 19.3. The minimum absolute atomic E-state index is 0.626. The van der Waals surface area contributed by atoms with Gasteiger partial charge in [0.2, 0.25) is 0 Å². The Hall–Kier alpha value is 0.491. The Morgan fingerprint density at radius 1 is 0.889 bits per heavy atom. The molecule has 7 heteroatoms. The topological polar surface area (TPSA) is 81.5 Å². The molecule has 0 aromatic carbocycles. The first-order valence-corrected chi connectivity index (χ1v) is 16.6. The molecule has 2 atom stereocenters. The number of nitrogens with two attached hydrogens (primary N) is 2. The molecule has 0 amide bonds. The standard InChI is InChI=1S/C11H32N2O2Si3/c1-16(2,3)18(5,11-7-9-13)15-17(4,14)10-6-8-12/h14H,6-13H2,1-5H3.